The van der Waals surface area contributed by atoms with Crippen LogP contribution in [-0.4, -0.2) is 22.7 Å². The van der Waals surface area contributed by atoms with E-state index in [1.165, 1.54) is 0 Å². The molecule has 0 saturated heterocycles. The summed E-state index contributed by atoms with van der Waals surface area (Å²) < 4.78 is 5.25. The lowest BCUT2D eigenvalue weighted by molar-refractivity contribution is 0.0500. The van der Waals surface area contributed by atoms with E-state index in [4.69, 9.17) is 16.3 Å². The van der Waals surface area contributed by atoms with E-state index < -0.39 is 5.60 Å². The first-order valence-corrected chi connectivity index (χ1v) is 7.28. The topological polar surface area (TPSA) is 51.2 Å². The fourth-order valence-electron chi connectivity index (χ4n) is 1.73. The van der Waals surface area contributed by atoms with E-state index in [-0.39, 0.29) is 12.1 Å². The van der Waals surface area contributed by atoms with Gasteiger partial charge in [0.1, 0.15) is 5.60 Å². The molecule has 112 valence electrons. The van der Waals surface area contributed by atoms with Crippen LogP contribution in [0.1, 0.15) is 46.2 Å². The van der Waals surface area contributed by atoms with Gasteiger partial charge >= 0.3 is 6.09 Å². The van der Waals surface area contributed by atoms with Crippen molar-refractivity contribution in [3.8, 4) is 0 Å². The molecule has 0 aliphatic heterocycles. The summed E-state index contributed by atoms with van der Waals surface area (Å²) >= 11 is 5.80. The SMILES string of the molecule is CC[C@@H](CCc1ccc(Cl)cn1)NC(=O)OC(C)(C)C. The minimum absolute atomic E-state index is 0.0855. The van der Waals surface area contributed by atoms with Crippen molar-refractivity contribution in [1.82, 2.24) is 10.3 Å². The lowest BCUT2D eigenvalue weighted by atomic mass is 10.1. The second-order valence-electron chi connectivity index (χ2n) is 5.76. The highest BCUT2D eigenvalue weighted by Crippen LogP contribution is 2.11. The largest absolute Gasteiger partial charge is 0.444 e. The molecule has 1 rings (SSSR count). The quantitative estimate of drug-likeness (QED) is 0.895. The maximum absolute atomic E-state index is 11.7. The summed E-state index contributed by atoms with van der Waals surface area (Å²) in [6.45, 7) is 7.60. The zero-order valence-corrected chi connectivity index (χ0v) is 13.3. The molecule has 1 aromatic rings. The molecule has 0 aromatic carbocycles. The number of aryl methyl sites for hydroxylation is 1. The van der Waals surface area contributed by atoms with Crippen LogP contribution in [0.5, 0.6) is 0 Å². The number of nitrogens with one attached hydrogen (secondary N) is 1. The molecule has 0 bridgehead atoms. The average molecular weight is 299 g/mol. The standard InChI is InChI=1S/C15H23ClN2O2/c1-5-12(18-14(19)20-15(2,3)4)8-9-13-7-6-11(16)10-17-13/h6-7,10,12H,5,8-9H2,1-4H3,(H,18,19)/t12-/m0/s1. The number of carbonyl (C=O) groups excluding carboxylic acids is 1. The summed E-state index contributed by atoms with van der Waals surface area (Å²) in [4.78, 5) is 16.0. The van der Waals surface area contributed by atoms with Crippen molar-refractivity contribution in [2.45, 2.75) is 58.6 Å². The molecule has 1 amide bonds. The average Bonchev–Trinajstić information content (AvgIpc) is 2.34. The number of hydrogen-bond acceptors (Lipinski definition) is 3. The van der Waals surface area contributed by atoms with Crippen LogP contribution in [0.15, 0.2) is 18.3 Å². The summed E-state index contributed by atoms with van der Waals surface area (Å²) in [7, 11) is 0. The molecule has 0 fully saturated rings. The number of pyridine rings is 1. The number of rotatable bonds is 5. The lowest BCUT2D eigenvalue weighted by Crippen LogP contribution is -2.39. The molecule has 1 heterocycles. The van der Waals surface area contributed by atoms with Gasteiger partial charge in [-0.25, -0.2) is 4.79 Å². The van der Waals surface area contributed by atoms with Gasteiger partial charge in [-0.05, 0) is 52.2 Å². The fourth-order valence-corrected chi connectivity index (χ4v) is 1.84. The van der Waals surface area contributed by atoms with E-state index in [1.807, 2.05) is 39.8 Å². The van der Waals surface area contributed by atoms with Gasteiger partial charge in [-0.3, -0.25) is 4.98 Å². The Labute approximate surface area is 125 Å². The van der Waals surface area contributed by atoms with Gasteiger partial charge in [0.2, 0.25) is 0 Å². The third-order valence-electron chi connectivity index (χ3n) is 2.75. The molecular weight excluding hydrogens is 276 g/mol. The number of alkyl carbamates (subject to hydrolysis) is 1. The van der Waals surface area contributed by atoms with Crippen LogP contribution in [-0.2, 0) is 11.2 Å². The number of carbonyl (C=O) groups is 1. The lowest BCUT2D eigenvalue weighted by Gasteiger charge is -2.23. The first kappa shape index (κ1) is 16.8. The summed E-state index contributed by atoms with van der Waals surface area (Å²) in [5, 5.41) is 3.52. The third kappa shape index (κ3) is 6.75. The molecule has 20 heavy (non-hydrogen) atoms. The Morgan fingerprint density at radius 1 is 1.45 bits per heavy atom. The molecule has 0 radical (unpaired) electrons. The molecule has 1 atom stereocenters. The highest BCUT2D eigenvalue weighted by atomic mass is 35.5. The van der Waals surface area contributed by atoms with Gasteiger partial charge in [0.25, 0.3) is 0 Å². The highest BCUT2D eigenvalue weighted by molar-refractivity contribution is 6.30. The smallest absolute Gasteiger partial charge is 0.407 e. The van der Waals surface area contributed by atoms with Crippen LogP contribution in [0, 0.1) is 0 Å². The predicted octanol–water partition coefficient (Wildman–Crippen LogP) is 3.97. The summed E-state index contributed by atoms with van der Waals surface area (Å²) in [5.74, 6) is 0. The van der Waals surface area contributed by atoms with Gasteiger partial charge in [-0.2, -0.15) is 0 Å². The van der Waals surface area contributed by atoms with E-state index >= 15 is 0 Å². The van der Waals surface area contributed by atoms with Crippen LogP contribution in [0.3, 0.4) is 0 Å². The van der Waals surface area contributed by atoms with E-state index in [0.29, 0.717) is 5.02 Å². The Bertz CT molecular complexity index is 426. The van der Waals surface area contributed by atoms with Crippen molar-refractivity contribution in [1.29, 1.82) is 0 Å². The second-order valence-corrected chi connectivity index (χ2v) is 6.19. The highest BCUT2D eigenvalue weighted by Gasteiger charge is 2.18. The van der Waals surface area contributed by atoms with Gasteiger partial charge in [-0.15, -0.1) is 0 Å². The number of amides is 1. The molecule has 0 aliphatic carbocycles. The number of aromatic nitrogens is 1. The molecule has 4 nitrogen and oxygen atoms in total. The maximum Gasteiger partial charge on any atom is 0.407 e. The molecule has 1 N–H and O–H groups in total. The van der Waals surface area contributed by atoms with Crippen LogP contribution in [0.2, 0.25) is 5.02 Å². The molecule has 5 heteroatoms. The van der Waals surface area contributed by atoms with Gasteiger partial charge in [0.05, 0.1) is 5.02 Å². The Morgan fingerprint density at radius 2 is 2.15 bits per heavy atom. The van der Waals surface area contributed by atoms with Gasteiger partial charge in [-0.1, -0.05) is 18.5 Å². The minimum atomic E-state index is -0.472. The zero-order chi connectivity index (χ0) is 15.2. The van der Waals surface area contributed by atoms with Crippen molar-refractivity contribution in [2.24, 2.45) is 0 Å². The molecule has 0 spiro atoms. The van der Waals surface area contributed by atoms with Crippen molar-refractivity contribution in [3.05, 3.63) is 29.0 Å². The Kier molecular flexibility index (Phi) is 6.27. The van der Waals surface area contributed by atoms with Gasteiger partial charge < -0.3 is 10.1 Å². The van der Waals surface area contributed by atoms with Crippen molar-refractivity contribution in [3.63, 3.8) is 0 Å². The Morgan fingerprint density at radius 3 is 2.65 bits per heavy atom. The molecule has 0 aliphatic rings. The van der Waals surface area contributed by atoms with Crippen LogP contribution in [0.25, 0.3) is 0 Å². The van der Waals surface area contributed by atoms with Crippen molar-refractivity contribution < 1.29 is 9.53 Å². The second kappa shape index (κ2) is 7.48. The molecule has 0 saturated carbocycles. The third-order valence-corrected chi connectivity index (χ3v) is 2.97. The zero-order valence-electron chi connectivity index (χ0n) is 12.6. The monoisotopic (exact) mass is 298 g/mol. The Balaban J connectivity index is 2.43. The number of halogens is 1. The van der Waals surface area contributed by atoms with E-state index in [2.05, 4.69) is 10.3 Å². The molecule has 1 aromatic heterocycles. The van der Waals surface area contributed by atoms with Crippen LogP contribution < -0.4 is 5.32 Å². The number of hydrogen-bond donors (Lipinski definition) is 1. The number of ether oxygens (including phenoxy) is 1. The maximum atomic E-state index is 11.7. The first-order chi connectivity index (χ1) is 9.30. The first-order valence-electron chi connectivity index (χ1n) is 6.90. The van der Waals surface area contributed by atoms with Crippen LogP contribution in [0.4, 0.5) is 4.79 Å². The summed E-state index contributed by atoms with van der Waals surface area (Å²) in [6, 6.07) is 3.82. The van der Waals surface area contributed by atoms with E-state index in [9.17, 15) is 4.79 Å². The Hall–Kier alpha value is -1.29. The summed E-state index contributed by atoms with van der Waals surface area (Å²) in [6.07, 6.45) is 3.75. The molecule has 0 unspecified atom stereocenters. The molecular formula is C15H23ClN2O2. The van der Waals surface area contributed by atoms with E-state index in [0.717, 1.165) is 25.0 Å². The van der Waals surface area contributed by atoms with E-state index in [1.54, 1.807) is 6.20 Å². The number of nitrogens with zero attached hydrogens (tertiary/aromatic N) is 1. The van der Waals surface area contributed by atoms with Gasteiger partial charge in [0, 0.05) is 17.9 Å². The minimum Gasteiger partial charge on any atom is -0.444 e. The van der Waals surface area contributed by atoms with Crippen LogP contribution >= 0.6 is 11.6 Å². The summed E-state index contributed by atoms with van der Waals surface area (Å²) in [5.41, 5.74) is 0.499. The van der Waals surface area contributed by atoms with Crippen molar-refractivity contribution >= 4 is 17.7 Å². The predicted molar refractivity (Wildman–Crippen MR) is 81.0 cm³/mol. The normalized spacial score (nSPS) is 12.8. The fraction of sp³-hybridized carbons (Fsp3) is 0.600. The van der Waals surface area contributed by atoms with Crippen molar-refractivity contribution in [2.75, 3.05) is 0 Å². The van der Waals surface area contributed by atoms with Gasteiger partial charge in [0.15, 0.2) is 0 Å².